The molecular formula is C43H25N3O2. The zero-order chi connectivity index (χ0) is 47.3. The molecule has 10 rings (SSSR count). The molecule has 5 heteroatoms. The van der Waals surface area contributed by atoms with Crippen LogP contribution < -0.4 is 0 Å². The number of hydrogen-bond acceptors (Lipinski definition) is 5. The molecule has 0 saturated carbocycles. The molecule has 0 fully saturated rings. The predicted octanol–water partition coefficient (Wildman–Crippen LogP) is 11.5. The van der Waals surface area contributed by atoms with Crippen molar-refractivity contribution < 1.29 is 33.5 Å². The number of furan rings is 2. The molecule has 0 spiro atoms. The first-order valence-electron chi connectivity index (χ1n) is 23.5. The summed E-state index contributed by atoms with van der Waals surface area (Å²) < 4.78 is 171. The van der Waals surface area contributed by atoms with E-state index in [0.29, 0.717) is 21.9 Å². The van der Waals surface area contributed by atoms with E-state index in [0.717, 1.165) is 0 Å². The largest absolute Gasteiger partial charge is 0.456 e. The highest BCUT2D eigenvalue weighted by atomic mass is 16.3. The highest BCUT2D eigenvalue weighted by molar-refractivity contribution is 6.16. The molecule has 0 N–H and O–H groups in total. The lowest BCUT2D eigenvalue weighted by atomic mass is 9.93. The van der Waals surface area contributed by atoms with Crippen molar-refractivity contribution in [2.45, 2.75) is 0 Å². The van der Waals surface area contributed by atoms with Crippen LogP contribution in [0.3, 0.4) is 0 Å². The van der Waals surface area contributed by atoms with Crippen molar-refractivity contribution in [1.82, 2.24) is 15.0 Å². The number of rotatable bonds is 4. The standard InChI is InChI=1S/C43H25N3O2/c1-2-12-26(13-3-1)41-44-42(46-43(45-41)34-21-11-25-38-40(34)33-15-5-7-23-36(33)48-38)31-20-9-16-27-28(17-8-18-29(27)31)30-19-10-24-37-39(30)32-14-4-6-22-35(32)47-37/h1-25H/i1D,2D,3D,5D,7D,8D,9D,11D,12D,13D,15D,16D,17D,18D,20D,21D,23D,25D. The van der Waals surface area contributed by atoms with Crippen LogP contribution in [0.5, 0.6) is 0 Å². The Hall–Kier alpha value is -6.59. The smallest absolute Gasteiger partial charge is 0.164 e. The number of benzene rings is 7. The van der Waals surface area contributed by atoms with Crippen LogP contribution in [0.25, 0.3) is 99.9 Å². The van der Waals surface area contributed by atoms with Crippen LogP contribution in [-0.2, 0) is 0 Å². The molecule has 0 aliphatic heterocycles. The van der Waals surface area contributed by atoms with E-state index in [2.05, 4.69) is 15.0 Å². The van der Waals surface area contributed by atoms with E-state index in [1.807, 2.05) is 0 Å². The van der Waals surface area contributed by atoms with Gasteiger partial charge in [0, 0.05) is 38.2 Å². The molecule has 0 radical (unpaired) electrons. The Morgan fingerprint density at radius 3 is 1.88 bits per heavy atom. The number of fused-ring (bicyclic) bond motifs is 7. The summed E-state index contributed by atoms with van der Waals surface area (Å²) in [5, 5.41) is -0.184. The Labute approximate surface area is 300 Å². The summed E-state index contributed by atoms with van der Waals surface area (Å²) in [5.41, 5.74) is -1.47. The van der Waals surface area contributed by atoms with Crippen molar-refractivity contribution in [1.29, 1.82) is 0 Å². The average molecular weight is 634 g/mol. The Bertz CT molecular complexity index is 3860. The average Bonchev–Trinajstić information content (AvgIpc) is 3.90. The van der Waals surface area contributed by atoms with Crippen LogP contribution >= 0.6 is 0 Å². The van der Waals surface area contributed by atoms with Gasteiger partial charge in [0.25, 0.3) is 0 Å². The first kappa shape index (κ1) is 14.4. The zero-order valence-corrected chi connectivity index (χ0v) is 24.2. The molecule has 0 aliphatic carbocycles. The van der Waals surface area contributed by atoms with Crippen LogP contribution in [0.1, 0.15) is 24.7 Å². The van der Waals surface area contributed by atoms with E-state index in [-0.39, 0.29) is 32.7 Å². The second-order valence-electron chi connectivity index (χ2n) is 10.6. The lowest BCUT2D eigenvalue weighted by Crippen LogP contribution is -2.01. The zero-order valence-electron chi connectivity index (χ0n) is 42.2. The van der Waals surface area contributed by atoms with Crippen molar-refractivity contribution in [3.8, 4) is 45.3 Å². The van der Waals surface area contributed by atoms with Gasteiger partial charge in [-0.3, -0.25) is 0 Å². The fraction of sp³-hybridized carbons (Fsp3) is 0. The Morgan fingerprint density at radius 2 is 0.979 bits per heavy atom. The van der Waals surface area contributed by atoms with Gasteiger partial charge in [-0.2, -0.15) is 0 Å². The van der Waals surface area contributed by atoms with Crippen LogP contribution in [0.15, 0.2) is 160 Å². The van der Waals surface area contributed by atoms with E-state index < -0.39 is 154 Å². The van der Waals surface area contributed by atoms with Crippen molar-refractivity contribution in [3.63, 3.8) is 0 Å². The molecule has 3 heterocycles. The lowest BCUT2D eigenvalue weighted by Gasteiger charge is -2.13. The van der Waals surface area contributed by atoms with Crippen molar-refractivity contribution in [2.75, 3.05) is 0 Å². The van der Waals surface area contributed by atoms with Crippen LogP contribution in [0, 0.1) is 0 Å². The second-order valence-corrected chi connectivity index (χ2v) is 10.6. The van der Waals surface area contributed by atoms with Crippen molar-refractivity contribution in [2.24, 2.45) is 0 Å². The van der Waals surface area contributed by atoms with Gasteiger partial charge >= 0.3 is 0 Å². The van der Waals surface area contributed by atoms with Crippen molar-refractivity contribution >= 4 is 54.6 Å². The van der Waals surface area contributed by atoms with Gasteiger partial charge in [-0.25, -0.2) is 15.0 Å². The molecule has 224 valence electrons. The van der Waals surface area contributed by atoms with E-state index in [4.69, 9.17) is 26.7 Å². The maximum atomic E-state index is 9.35. The minimum atomic E-state index is -0.805. The number of nitrogens with zero attached hydrogens (tertiary/aromatic N) is 3. The minimum absolute atomic E-state index is 0.0814. The first-order valence-corrected chi connectivity index (χ1v) is 14.5. The molecule has 0 unspecified atom stereocenters. The van der Waals surface area contributed by atoms with E-state index in [1.165, 1.54) is 0 Å². The molecular weight excluding hydrogens is 590 g/mol. The predicted molar refractivity (Wildman–Crippen MR) is 194 cm³/mol. The molecule has 0 aliphatic rings. The van der Waals surface area contributed by atoms with E-state index >= 15 is 0 Å². The van der Waals surface area contributed by atoms with Gasteiger partial charge in [0.1, 0.15) is 22.3 Å². The van der Waals surface area contributed by atoms with Gasteiger partial charge in [0.15, 0.2) is 17.5 Å². The van der Waals surface area contributed by atoms with Gasteiger partial charge in [0.05, 0.1) is 24.7 Å². The first-order chi connectivity index (χ1) is 31.3. The van der Waals surface area contributed by atoms with Gasteiger partial charge in [0.2, 0.25) is 0 Å². The number of aromatic nitrogens is 3. The summed E-state index contributed by atoms with van der Waals surface area (Å²) in [6, 6.07) is -0.982. The topological polar surface area (TPSA) is 65.0 Å². The maximum absolute atomic E-state index is 9.35. The van der Waals surface area contributed by atoms with E-state index in [9.17, 15) is 6.85 Å². The second kappa shape index (κ2) is 10.5. The highest BCUT2D eigenvalue weighted by Crippen LogP contribution is 2.41. The monoisotopic (exact) mass is 633 g/mol. The molecule has 0 amide bonds. The maximum Gasteiger partial charge on any atom is 0.164 e. The van der Waals surface area contributed by atoms with Gasteiger partial charge in [-0.1, -0.05) is 127 Å². The van der Waals surface area contributed by atoms with Gasteiger partial charge in [-0.15, -0.1) is 0 Å². The summed E-state index contributed by atoms with van der Waals surface area (Å²) in [4.78, 5) is 13.6. The Kier molecular flexibility index (Phi) is 3.15. The molecule has 5 nitrogen and oxygen atoms in total. The summed E-state index contributed by atoms with van der Waals surface area (Å²) in [7, 11) is 0. The molecule has 0 saturated heterocycles. The molecule has 0 bridgehead atoms. The SMILES string of the molecule is [2H]c1c([2H])c([2H])c(-c2nc(-c3c([2H])c([2H])c([2H])c4c(-c5cccc6oc7ccccc7c56)c([2H])c([2H])c([2H])c34)nc(-c3c([2H])c([2H])c([2H])c4oc5c([2H])c([2H])c([2H])c([2H])c5c34)n2)c([2H])c1[2H]. The van der Waals surface area contributed by atoms with Gasteiger partial charge < -0.3 is 8.83 Å². The van der Waals surface area contributed by atoms with Crippen molar-refractivity contribution in [3.05, 3.63) is 151 Å². The Balaban J connectivity index is 1.41. The summed E-state index contributed by atoms with van der Waals surface area (Å²) in [6.45, 7) is 0. The Morgan fingerprint density at radius 1 is 0.375 bits per heavy atom. The quantitative estimate of drug-likeness (QED) is 0.193. The third-order valence-electron chi connectivity index (χ3n) is 7.93. The molecule has 7 aromatic carbocycles. The van der Waals surface area contributed by atoms with Crippen LogP contribution in [0.2, 0.25) is 0 Å². The van der Waals surface area contributed by atoms with Crippen LogP contribution in [-0.4, -0.2) is 15.0 Å². The number of para-hydroxylation sites is 2. The third-order valence-corrected chi connectivity index (χ3v) is 7.93. The molecule has 10 aromatic rings. The molecule has 3 aromatic heterocycles. The third kappa shape index (κ3) is 4.08. The molecule has 0 atom stereocenters. The summed E-state index contributed by atoms with van der Waals surface area (Å²) in [6.07, 6.45) is 0. The summed E-state index contributed by atoms with van der Waals surface area (Å²) in [5.74, 6) is -1.99. The fourth-order valence-electron chi connectivity index (χ4n) is 5.89. The minimum Gasteiger partial charge on any atom is -0.456 e. The number of hydrogen-bond donors (Lipinski definition) is 0. The molecule has 48 heavy (non-hydrogen) atoms. The fourth-order valence-corrected chi connectivity index (χ4v) is 5.89. The van der Waals surface area contributed by atoms with E-state index in [1.54, 1.807) is 42.5 Å². The van der Waals surface area contributed by atoms with Crippen LogP contribution in [0.4, 0.5) is 0 Å². The normalized spacial score (nSPS) is 17.0. The summed E-state index contributed by atoms with van der Waals surface area (Å²) >= 11 is 0. The highest BCUT2D eigenvalue weighted by Gasteiger charge is 2.20. The van der Waals surface area contributed by atoms with Gasteiger partial charge in [-0.05, 0) is 46.1 Å². The lowest BCUT2D eigenvalue weighted by molar-refractivity contribution is 0.668.